The molecule has 9 heteroatoms. The van der Waals surface area contributed by atoms with Gasteiger partial charge in [-0.05, 0) is 31.2 Å². The lowest BCUT2D eigenvalue weighted by molar-refractivity contribution is -0.123. The second-order valence-electron chi connectivity index (χ2n) is 5.61. The average Bonchev–Trinajstić information content (AvgIpc) is 2.67. The third-order valence-electron chi connectivity index (χ3n) is 3.59. The van der Waals surface area contributed by atoms with Crippen LogP contribution in [0, 0.1) is 0 Å². The first-order valence-corrected chi connectivity index (χ1v) is 8.41. The van der Waals surface area contributed by atoms with Gasteiger partial charge in [0.05, 0.1) is 17.9 Å². The fraction of sp³-hybridized carbons (Fsp3) is 0.263. The molecule has 150 valence electrons. The Bertz CT molecular complexity index is 816. The summed E-state index contributed by atoms with van der Waals surface area (Å²) in [4.78, 5) is 24.7. The highest BCUT2D eigenvalue weighted by Crippen LogP contribution is 2.26. The number of carbonyl (C=O) groups excluding carboxylic acids is 2. The maximum absolute atomic E-state index is 12.5. The van der Waals surface area contributed by atoms with E-state index < -0.39 is 24.6 Å². The van der Waals surface area contributed by atoms with Gasteiger partial charge in [0.2, 0.25) is 0 Å². The first-order valence-electron chi connectivity index (χ1n) is 8.41. The topological polar surface area (TPSA) is 96.9 Å². The van der Waals surface area contributed by atoms with Crippen molar-refractivity contribution in [1.82, 2.24) is 0 Å². The summed E-state index contributed by atoms with van der Waals surface area (Å²) in [7, 11) is 0. The Morgan fingerprint density at radius 2 is 1.71 bits per heavy atom. The van der Waals surface area contributed by atoms with Crippen LogP contribution in [0.25, 0.3) is 0 Å². The van der Waals surface area contributed by atoms with Crippen molar-refractivity contribution < 1.29 is 33.0 Å². The number of ether oxygens (including phenoxy) is 2. The van der Waals surface area contributed by atoms with Gasteiger partial charge in [0.15, 0.2) is 6.10 Å². The van der Waals surface area contributed by atoms with Gasteiger partial charge in [0.25, 0.3) is 5.91 Å². The second-order valence-corrected chi connectivity index (χ2v) is 5.61. The van der Waals surface area contributed by atoms with Crippen LogP contribution in [-0.2, 0) is 9.53 Å². The minimum atomic E-state index is -3.05. The molecular formula is C19H20F2N2O5. The number of carbonyl (C=O) groups is 2. The number of amides is 1. The lowest BCUT2D eigenvalue weighted by Gasteiger charge is -2.17. The van der Waals surface area contributed by atoms with Crippen molar-refractivity contribution in [2.24, 2.45) is 0 Å². The molecule has 2 rings (SSSR count). The third kappa shape index (κ3) is 5.92. The van der Waals surface area contributed by atoms with Gasteiger partial charge in [-0.3, -0.25) is 4.79 Å². The number of aliphatic hydroxyl groups is 1. The molecule has 0 bridgehead atoms. The summed E-state index contributed by atoms with van der Waals surface area (Å²) in [6, 6.07) is 12.2. The number of para-hydroxylation sites is 3. The molecular weight excluding hydrogens is 374 g/mol. The molecule has 3 N–H and O–H groups in total. The second kappa shape index (κ2) is 10.2. The van der Waals surface area contributed by atoms with Crippen molar-refractivity contribution in [3.8, 4) is 5.75 Å². The van der Waals surface area contributed by atoms with Crippen LogP contribution < -0.4 is 15.4 Å². The number of hydrogen-bond acceptors (Lipinski definition) is 6. The van der Waals surface area contributed by atoms with Gasteiger partial charge < -0.3 is 25.2 Å². The largest absolute Gasteiger partial charge is 0.449 e. The number of nitrogens with one attached hydrogen (secondary N) is 2. The fourth-order valence-electron chi connectivity index (χ4n) is 2.29. The fourth-order valence-corrected chi connectivity index (χ4v) is 2.29. The highest BCUT2D eigenvalue weighted by Gasteiger charge is 2.22. The van der Waals surface area contributed by atoms with E-state index in [4.69, 9.17) is 9.84 Å². The Morgan fingerprint density at radius 1 is 1.07 bits per heavy atom. The van der Waals surface area contributed by atoms with Crippen LogP contribution in [0.2, 0.25) is 0 Å². The molecule has 0 saturated heterocycles. The summed E-state index contributed by atoms with van der Waals surface area (Å²) in [5.41, 5.74) is 0.669. The number of halogens is 2. The Hall–Kier alpha value is -3.20. The SMILES string of the molecule is C[C@H](OC(=O)c1ccccc1NCCO)C(=O)Nc1ccccc1OC(F)F. The van der Waals surface area contributed by atoms with Crippen LogP contribution in [0.4, 0.5) is 20.2 Å². The van der Waals surface area contributed by atoms with Crippen molar-refractivity contribution in [2.75, 3.05) is 23.8 Å². The predicted octanol–water partition coefficient (Wildman–Crippen LogP) is 2.88. The van der Waals surface area contributed by atoms with Crippen molar-refractivity contribution in [2.45, 2.75) is 19.6 Å². The van der Waals surface area contributed by atoms with Crippen molar-refractivity contribution >= 4 is 23.3 Å². The molecule has 0 aliphatic rings. The summed E-state index contributed by atoms with van der Waals surface area (Å²) < 4.78 is 34.4. The maximum Gasteiger partial charge on any atom is 0.387 e. The maximum atomic E-state index is 12.5. The van der Waals surface area contributed by atoms with Gasteiger partial charge in [0, 0.05) is 12.2 Å². The number of anilines is 2. The summed E-state index contributed by atoms with van der Waals surface area (Å²) in [5.74, 6) is -1.66. The highest BCUT2D eigenvalue weighted by atomic mass is 19.3. The molecule has 2 aromatic carbocycles. The molecule has 0 unspecified atom stereocenters. The molecule has 0 aliphatic carbocycles. The van der Waals surface area contributed by atoms with Crippen LogP contribution in [0.5, 0.6) is 5.75 Å². The molecule has 0 fully saturated rings. The van der Waals surface area contributed by atoms with E-state index in [0.29, 0.717) is 5.69 Å². The standard InChI is InChI=1S/C19H20F2N2O5/c1-12(17(25)23-15-8-4-5-9-16(15)28-19(20)21)27-18(26)13-6-2-3-7-14(13)22-10-11-24/h2-9,12,19,22,24H,10-11H2,1H3,(H,23,25)/t12-/m0/s1. The zero-order valence-corrected chi connectivity index (χ0v) is 15.0. The minimum absolute atomic E-state index is 0.0284. The first-order chi connectivity index (χ1) is 13.4. The summed E-state index contributed by atoms with van der Waals surface area (Å²) in [5, 5.41) is 14.2. The Kier molecular flexibility index (Phi) is 7.70. The first kappa shape index (κ1) is 21.1. The van der Waals surface area contributed by atoms with Crippen LogP contribution in [-0.4, -0.2) is 42.9 Å². The minimum Gasteiger partial charge on any atom is -0.449 e. The van der Waals surface area contributed by atoms with E-state index in [1.165, 1.54) is 37.3 Å². The summed E-state index contributed by atoms with van der Waals surface area (Å²) >= 11 is 0. The highest BCUT2D eigenvalue weighted by molar-refractivity contribution is 6.00. The number of esters is 1. The molecule has 28 heavy (non-hydrogen) atoms. The third-order valence-corrected chi connectivity index (χ3v) is 3.59. The molecule has 0 aliphatic heterocycles. The molecule has 7 nitrogen and oxygen atoms in total. The molecule has 0 radical (unpaired) electrons. The molecule has 0 saturated carbocycles. The molecule has 0 spiro atoms. The Labute approximate surface area is 160 Å². The van der Waals surface area contributed by atoms with E-state index in [-0.39, 0.29) is 30.2 Å². The zero-order chi connectivity index (χ0) is 20.5. The van der Waals surface area contributed by atoms with Gasteiger partial charge in [0.1, 0.15) is 5.75 Å². The van der Waals surface area contributed by atoms with E-state index in [9.17, 15) is 18.4 Å². The lowest BCUT2D eigenvalue weighted by Crippen LogP contribution is -2.30. The van der Waals surface area contributed by atoms with Crippen LogP contribution in [0.3, 0.4) is 0 Å². The van der Waals surface area contributed by atoms with E-state index in [1.807, 2.05) is 0 Å². The van der Waals surface area contributed by atoms with Gasteiger partial charge >= 0.3 is 12.6 Å². The molecule has 0 aromatic heterocycles. The van der Waals surface area contributed by atoms with Crippen LogP contribution in [0.15, 0.2) is 48.5 Å². The van der Waals surface area contributed by atoms with Crippen molar-refractivity contribution in [3.63, 3.8) is 0 Å². The summed E-state index contributed by atoms with van der Waals surface area (Å²) in [6.45, 7) is -1.58. The zero-order valence-electron chi connectivity index (χ0n) is 15.0. The van der Waals surface area contributed by atoms with Gasteiger partial charge in [-0.25, -0.2) is 4.79 Å². The smallest absolute Gasteiger partial charge is 0.387 e. The quantitative estimate of drug-likeness (QED) is 0.566. The van der Waals surface area contributed by atoms with E-state index in [1.54, 1.807) is 18.2 Å². The van der Waals surface area contributed by atoms with E-state index in [0.717, 1.165) is 0 Å². The van der Waals surface area contributed by atoms with Gasteiger partial charge in [-0.2, -0.15) is 8.78 Å². The Morgan fingerprint density at radius 3 is 2.39 bits per heavy atom. The number of alkyl halides is 2. The normalized spacial score (nSPS) is 11.6. The van der Waals surface area contributed by atoms with Gasteiger partial charge in [-0.15, -0.1) is 0 Å². The van der Waals surface area contributed by atoms with Crippen molar-refractivity contribution in [1.29, 1.82) is 0 Å². The predicted molar refractivity (Wildman–Crippen MR) is 98.6 cm³/mol. The van der Waals surface area contributed by atoms with Crippen LogP contribution >= 0.6 is 0 Å². The number of aliphatic hydroxyl groups excluding tert-OH is 1. The van der Waals surface area contributed by atoms with Crippen LogP contribution in [0.1, 0.15) is 17.3 Å². The molecule has 1 atom stereocenters. The average molecular weight is 394 g/mol. The Balaban J connectivity index is 2.04. The van der Waals surface area contributed by atoms with E-state index in [2.05, 4.69) is 15.4 Å². The lowest BCUT2D eigenvalue weighted by atomic mass is 10.1. The molecule has 0 heterocycles. The number of hydrogen-bond donors (Lipinski definition) is 3. The number of rotatable bonds is 9. The van der Waals surface area contributed by atoms with Crippen molar-refractivity contribution in [3.05, 3.63) is 54.1 Å². The molecule has 2 aromatic rings. The van der Waals surface area contributed by atoms with Gasteiger partial charge in [-0.1, -0.05) is 24.3 Å². The van der Waals surface area contributed by atoms with E-state index >= 15 is 0 Å². The number of benzene rings is 2. The summed E-state index contributed by atoms with van der Waals surface area (Å²) in [6.07, 6.45) is -1.20. The monoisotopic (exact) mass is 394 g/mol. The molecule has 1 amide bonds.